The maximum absolute atomic E-state index is 7.07. The Bertz CT molecular complexity index is 878. The lowest BCUT2D eigenvalue weighted by Crippen LogP contribution is -2.67. The highest BCUT2D eigenvalue weighted by molar-refractivity contribution is 8.01. The number of benzene rings is 3. The first-order chi connectivity index (χ1) is 14.4. The minimum absolute atomic E-state index is 0.00497. The van der Waals surface area contributed by atoms with Crippen molar-refractivity contribution in [1.29, 1.82) is 0 Å². The Morgan fingerprint density at radius 2 is 1.27 bits per heavy atom. The Morgan fingerprint density at radius 3 is 1.73 bits per heavy atom. The van der Waals surface area contributed by atoms with Crippen LogP contribution in [0.1, 0.15) is 33.3 Å². The van der Waals surface area contributed by atoms with Crippen molar-refractivity contribution in [3.63, 3.8) is 0 Å². The molecule has 1 nitrogen and oxygen atoms in total. The molecule has 0 spiro atoms. The molecule has 0 aliphatic heterocycles. The van der Waals surface area contributed by atoms with E-state index >= 15 is 0 Å². The van der Waals surface area contributed by atoms with Gasteiger partial charge in [0.1, 0.15) is 0 Å². The summed E-state index contributed by atoms with van der Waals surface area (Å²) >= 11 is 1.81. The molecule has 0 radical (unpaired) electrons. The summed E-state index contributed by atoms with van der Waals surface area (Å²) in [6.45, 7) is 9.12. The van der Waals surface area contributed by atoms with Crippen LogP contribution in [0.15, 0.2) is 102 Å². The predicted octanol–water partition coefficient (Wildman–Crippen LogP) is 6.40. The average Bonchev–Trinajstić information content (AvgIpc) is 2.76. The first-order valence-corrected chi connectivity index (χ1v) is 13.5. The molecule has 0 amide bonds. The van der Waals surface area contributed by atoms with Crippen LogP contribution in [0.3, 0.4) is 0 Å². The van der Waals surface area contributed by atoms with Crippen molar-refractivity contribution in [2.75, 3.05) is 0 Å². The van der Waals surface area contributed by atoms with Gasteiger partial charge < -0.3 is 4.43 Å². The maximum Gasteiger partial charge on any atom is 0.261 e. The van der Waals surface area contributed by atoms with E-state index in [0.717, 1.165) is 5.75 Å². The van der Waals surface area contributed by atoms with Crippen molar-refractivity contribution >= 4 is 30.5 Å². The van der Waals surface area contributed by atoms with Crippen LogP contribution in [0, 0.1) is 0 Å². The van der Waals surface area contributed by atoms with Crippen molar-refractivity contribution < 1.29 is 4.43 Å². The molecule has 0 aliphatic carbocycles. The van der Waals surface area contributed by atoms with Gasteiger partial charge in [-0.1, -0.05) is 118 Å². The van der Waals surface area contributed by atoms with Crippen LogP contribution < -0.4 is 10.4 Å². The Kier molecular flexibility index (Phi) is 7.76. The molecule has 0 heterocycles. The molecule has 1 atom stereocenters. The second-order valence-electron chi connectivity index (χ2n) is 8.61. The van der Waals surface area contributed by atoms with E-state index in [-0.39, 0.29) is 11.1 Å². The van der Waals surface area contributed by atoms with E-state index < -0.39 is 8.32 Å². The molecule has 0 unspecified atom stereocenters. The average molecular weight is 433 g/mol. The number of hydrogen-bond acceptors (Lipinski definition) is 2. The van der Waals surface area contributed by atoms with Crippen molar-refractivity contribution in [2.45, 2.75) is 44.6 Å². The number of hydrogen-bond donors (Lipinski definition) is 0. The molecule has 0 saturated carbocycles. The summed E-state index contributed by atoms with van der Waals surface area (Å²) < 4.78 is 7.07. The number of rotatable bonds is 8. The molecule has 3 heteroatoms. The molecule has 0 bridgehead atoms. The van der Waals surface area contributed by atoms with Crippen molar-refractivity contribution in [3.05, 3.63) is 108 Å². The van der Waals surface area contributed by atoms with Gasteiger partial charge in [0, 0.05) is 5.75 Å². The van der Waals surface area contributed by atoms with E-state index in [1.54, 1.807) is 0 Å². The van der Waals surface area contributed by atoms with Gasteiger partial charge in [0.05, 0.1) is 6.10 Å². The highest BCUT2D eigenvalue weighted by Gasteiger charge is 2.50. The number of thioether (sulfide) groups is 1. The van der Waals surface area contributed by atoms with E-state index in [4.69, 9.17) is 4.43 Å². The first kappa shape index (κ1) is 22.6. The standard InChI is InChI=1S/C27H32OSSi/c1-23(20-21-29-22-24-14-8-5-9-15-24)28-30(27(2,3)4,25-16-10-6-11-17-25)26-18-12-7-13-19-26/h5-21,23H,22H2,1-4H3/t23-/m1/s1. The Balaban J connectivity index is 1.86. The summed E-state index contributed by atoms with van der Waals surface area (Å²) in [5.41, 5.74) is 1.34. The molecule has 3 rings (SSSR count). The lowest BCUT2D eigenvalue weighted by molar-refractivity contribution is 0.252. The molecule has 0 aliphatic rings. The lowest BCUT2D eigenvalue weighted by atomic mass is 10.2. The molecular formula is C27H32OSSi. The van der Waals surface area contributed by atoms with Crippen LogP contribution in [0.25, 0.3) is 0 Å². The summed E-state index contributed by atoms with van der Waals surface area (Å²) in [7, 11) is -2.50. The van der Waals surface area contributed by atoms with Crippen molar-refractivity contribution in [3.8, 4) is 0 Å². The van der Waals surface area contributed by atoms with Gasteiger partial charge in [0.25, 0.3) is 8.32 Å². The molecule has 156 valence electrons. The van der Waals surface area contributed by atoms with Gasteiger partial charge in [-0.15, -0.1) is 11.8 Å². The van der Waals surface area contributed by atoms with E-state index in [1.807, 2.05) is 11.8 Å². The Hall–Kier alpha value is -2.07. The fourth-order valence-electron chi connectivity index (χ4n) is 3.89. The summed E-state index contributed by atoms with van der Waals surface area (Å²) in [5, 5.41) is 4.83. The zero-order valence-corrected chi connectivity index (χ0v) is 20.2. The van der Waals surface area contributed by atoms with E-state index in [9.17, 15) is 0 Å². The predicted molar refractivity (Wildman–Crippen MR) is 135 cm³/mol. The lowest BCUT2D eigenvalue weighted by Gasteiger charge is -2.44. The SMILES string of the molecule is C[C@H](C=CSCc1ccccc1)O[Si](c1ccccc1)(c1ccccc1)C(C)(C)C. The normalized spacial score (nSPS) is 13.5. The fourth-order valence-corrected chi connectivity index (χ4v) is 9.36. The van der Waals surface area contributed by atoms with Crippen LogP contribution in [-0.4, -0.2) is 14.4 Å². The van der Waals surface area contributed by atoms with Gasteiger partial charge >= 0.3 is 0 Å². The zero-order chi connectivity index (χ0) is 21.5. The third-order valence-electron chi connectivity index (χ3n) is 5.32. The van der Waals surface area contributed by atoms with Gasteiger partial charge in [-0.25, -0.2) is 0 Å². The largest absolute Gasteiger partial charge is 0.401 e. The minimum atomic E-state index is -2.50. The molecule has 0 fully saturated rings. The molecule has 30 heavy (non-hydrogen) atoms. The highest BCUT2D eigenvalue weighted by atomic mass is 32.2. The van der Waals surface area contributed by atoms with E-state index in [2.05, 4.69) is 130 Å². The third kappa shape index (κ3) is 5.34. The molecule has 0 aromatic heterocycles. The summed E-state index contributed by atoms with van der Waals surface area (Å²) in [6.07, 6.45) is 2.23. The summed E-state index contributed by atoms with van der Waals surface area (Å²) in [6, 6.07) is 32.2. The second kappa shape index (κ2) is 10.3. The van der Waals surface area contributed by atoms with Crippen molar-refractivity contribution in [1.82, 2.24) is 0 Å². The van der Waals surface area contributed by atoms with Gasteiger partial charge in [0.2, 0.25) is 0 Å². The van der Waals surface area contributed by atoms with Crippen LogP contribution in [0.2, 0.25) is 5.04 Å². The van der Waals surface area contributed by atoms with Crippen LogP contribution in [-0.2, 0) is 10.2 Å². The monoisotopic (exact) mass is 432 g/mol. The van der Waals surface area contributed by atoms with E-state index in [0.29, 0.717) is 0 Å². The third-order valence-corrected chi connectivity index (χ3v) is 11.3. The summed E-state index contributed by atoms with van der Waals surface area (Å²) in [5.74, 6) is 0.975. The van der Waals surface area contributed by atoms with Gasteiger partial charge in [-0.05, 0) is 33.3 Å². The second-order valence-corrected chi connectivity index (χ2v) is 13.8. The molecular weight excluding hydrogens is 400 g/mol. The maximum atomic E-state index is 7.07. The van der Waals surface area contributed by atoms with E-state index in [1.165, 1.54) is 15.9 Å². The molecule has 0 N–H and O–H groups in total. The summed E-state index contributed by atoms with van der Waals surface area (Å²) in [4.78, 5) is 0. The topological polar surface area (TPSA) is 9.23 Å². The van der Waals surface area contributed by atoms with Crippen LogP contribution in [0.5, 0.6) is 0 Å². The van der Waals surface area contributed by atoms with Gasteiger partial charge in [0.15, 0.2) is 0 Å². The minimum Gasteiger partial charge on any atom is -0.401 e. The Morgan fingerprint density at radius 1 is 0.800 bits per heavy atom. The highest BCUT2D eigenvalue weighted by Crippen LogP contribution is 2.37. The van der Waals surface area contributed by atoms with Gasteiger partial charge in [-0.2, -0.15) is 0 Å². The molecule has 0 saturated heterocycles. The smallest absolute Gasteiger partial charge is 0.261 e. The fraction of sp³-hybridized carbons (Fsp3) is 0.259. The molecule has 3 aromatic rings. The quantitative estimate of drug-likeness (QED) is 0.381. The van der Waals surface area contributed by atoms with Crippen LogP contribution in [0.4, 0.5) is 0 Å². The first-order valence-electron chi connectivity index (χ1n) is 10.5. The van der Waals surface area contributed by atoms with Crippen molar-refractivity contribution in [2.24, 2.45) is 0 Å². The van der Waals surface area contributed by atoms with Crippen LogP contribution >= 0.6 is 11.8 Å². The molecule has 3 aromatic carbocycles. The Labute approximate surface area is 187 Å². The van der Waals surface area contributed by atoms with Gasteiger partial charge in [-0.3, -0.25) is 0 Å². The zero-order valence-electron chi connectivity index (χ0n) is 18.4.